The molecule has 0 N–H and O–H groups in total. The van der Waals surface area contributed by atoms with E-state index in [1.165, 1.54) is 16.2 Å². The number of rotatable bonds is 1. The Morgan fingerprint density at radius 1 is 1.14 bits per heavy atom. The zero-order valence-electron chi connectivity index (χ0n) is 11.4. The molecule has 2 aromatic rings. The molecule has 4 nitrogen and oxygen atoms in total. The van der Waals surface area contributed by atoms with Crippen LogP contribution in [0.5, 0.6) is 0 Å². The van der Waals surface area contributed by atoms with Crippen molar-refractivity contribution in [1.29, 1.82) is 0 Å². The molecule has 6 heteroatoms. The summed E-state index contributed by atoms with van der Waals surface area (Å²) in [6.07, 6.45) is 5.17. The predicted molar refractivity (Wildman–Crippen MR) is 87.5 cm³/mol. The van der Waals surface area contributed by atoms with Crippen LogP contribution in [0.2, 0.25) is 0 Å². The first kappa shape index (κ1) is 13.0. The Morgan fingerprint density at radius 3 is 2.50 bits per heavy atom. The van der Waals surface area contributed by atoms with Gasteiger partial charge in [0.25, 0.3) is 0 Å². The summed E-state index contributed by atoms with van der Waals surface area (Å²) in [7, 11) is 0. The fraction of sp³-hybridized carbons (Fsp3) is 0.312. The Hall–Kier alpha value is -1.53. The average Bonchev–Trinajstić information content (AvgIpc) is 3.21. The number of allylic oxidation sites excluding steroid dienone is 2. The maximum absolute atomic E-state index is 12.8. The van der Waals surface area contributed by atoms with Crippen molar-refractivity contribution in [2.24, 2.45) is 23.7 Å². The van der Waals surface area contributed by atoms with E-state index in [-0.39, 0.29) is 35.5 Å². The SMILES string of the molecule is O=C1C2C3C=CC(C3)C2C(=O)N1c1nc2ccc(Br)cc2s1. The predicted octanol–water partition coefficient (Wildman–Crippen LogP) is 3.37. The number of thiazole rings is 1. The normalized spacial score (nSPS) is 32.5. The standard InChI is InChI=1S/C16H11BrN2O2S/c17-9-3-4-10-11(6-9)22-16(18-10)19-14(20)12-7-1-2-8(5-7)13(12)15(19)21/h1-4,6-8,12-13H,5H2. The molecule has 2 aliphatic carbocycles. The lowest BCUT2D eigenvalue weighted by Gasteiger charge is -2.14. The van der Waals surface area contributed by atoms with E-state index in [0.717, 1.165) is 21.1 Å². The number of nitrogens with zero attached hydrogens (tertiary/aromatic N) is 2. The van der Waals surface area contributed by atoms with Gasteiger partial charge in [-0.15, -0.1) is 0 Å². The molecule has 2 bridgehead atoms. The van der Waals surface area contributed by atoms with Crippen molar-refractivity contribution >= 4 is 54.4 Å². The number of amides is 2. The van der Waals surface area contributed by atoms with Crippen molar-refractivity contribution in [2.75, 3.05) is 4.90 Å². The van der Waals surface area contributed by atoms with Gasteiger partial charge in [0, 0.05) is 4.47 Å². The monoisotopic (exact) mass is 374 g/mol. The summed E-state index contributed by atoms with van der Waals surface area (Å²) in [5.41, 5.74) is 0.821. The number of hydrogen-bond acceptors (Lipinski definition) is 4. The zero-order valence-corrected chi connectivity index (χ0v) is 13.8. The van der Waals surface area contributed by atoms with Gasteiger partial charge in [-0.3, -0.25) is 9.59 Å². The average molecular weight is 375 g/mol. The van der Waals surface area contributed by atoms with E-state index in [2.05, 4.69) is 33.1 Å². The number of benzene rings is 1. The number of hydrogen-bond donors (Lipinski definition) is 0. The van der Waals surface area contributed by atoms with Gasteiger partial charge in [-0.1, -0.05) is 39.4 Å². The maximum atomic E-state index is 12.8. The van der Waals surface area contributed by atoms with Crippen molar-refractivity contribution < 1.29 is 9.59 Å². The molecule has 3 aliphatic rings. The van der Waals surface area contributed by atoms with Crippen molar-refractivity contribution in [3.63, 3.8) is 0 Å². The van der Waals surface area contributed by atoms with Crippen LogP contribution in [0, 0.1) is 23.7 Å². The van der Waals surface area contributed by atoms with Gasteiger partial charge < -0.3 is 0 Å². The molecular weight excluding hydrogens is 364 g/mol. The van der Waals surface area contributed by atoms with E-state index in [1.807, 2.05) is 18.2 Å². The first-order chi connectivity index (χ1) is 10.6. The molecule has 1 aromatic carbocycles. The quantitative estimate of drug-likeness (QED) is 0.567. The molecule has 2 fully saturated rings. The van der Waals surface area contributed by atoms with Crippen molar-refractivity contribution in [3.8, 4) is 0 Å². The molecule has 0 spiro atoms. The molecule has 1 saturated carbocycles. The molecule has 110 valence electrons. The number of anilines is 1. The Kier molecular flexibility index (Phi) is 2.51. The highest BCUT2D eigenvalue weighted by Gasteiger charge is 2.60. The fourth-order valence-electron chi connectivity index (χ4n) is 4.07. The highest BCUT2D eigenvalue weighted by molar-refractivity contribution is 9.10. The first-order valence-electron chi connectivity index (χ1n) is 7.26. The van der Waals surface area contributed by atoms with Crippen LogP contribution in [0.15, 0.2) is 34.8 Å². The second-order valence-corrected chi connectivity index (χ2v) is 8.05. The van der Waals surface area contributed by atoms with E-state index < -0.39 is 0 Å². The van der Waals surface area contributed by atoms with Crippen LogP contribution in [0.25, 0.3) is 10.2 Å². The summed E-state index contributed by atoms with van der Waals surface area (Å²) >= 11 is 4.84. The number of halogens is 1. The van der Waals surface area contributed by atoms with Gasteiger partial charge in [0.15, 0.2) is 5.13 Å². The molecule has 2 heterocycles. The van der Waals surface area contributed by atoms with Crippen molar-refractivity contribution in [2.45, 2.75) is 6.42 Å². The molecule has 4 atom stereocenters. The Bertz CT molecular complexity index is 844. The number of imide groups is 1. The molecule has 5 rings (SSSR count). The van der Waals surface area contributed by atoms with E-state index in [1.54, 1.807) is 0 Å². The minimum atomic E-state index is -0.166. The van der Waals surface area contributed by atoms with Crippen molar-refractivity contribution in [3.05, 3.63) is 34.8 Å². The first-order valence-corrected chi connectivity index (χ1v) is 8.86. The molecular formula is C16H11BrN2O2S. The number of fused-ring (bicyclic) bond motifs is 6. The van der Waals surface area contributed by atoms with Crippen LogP contribution in [-0.4, -0.2) is 16.8 Å². The lowest BCUT2D eigenvalue weighted by Crippen LogP contribution is -2.32. The van der Waals surface area contributed by atoms with Crippen LogP contribution in [0.3, 0.4) is 0 Å². The van der Waals surface area contributed by atoms with Gasteiger partial charge >= 0.3 is 0 Å². The Labute approximate surface area is 139 Å². The minimum Gasteiger partial charge on any atom is -0.274 e. The van der Waals surface area contributed by atoms with Gasteiger partial charge in [-0.2, -0.15) is 0 Å². The van der Waals surface area contributed by atoms with Gasteiger partial charge in [0.2, 0.25) is 11.8 Å². The van der Waals surface area contributed by atoms with Gasteiger partial charge in [-0.05, 0) is 36.5 Å². The van der Waals surface area contributed by atoms with E-state index in [4.69, 9.17) is 0 Å². The largest absolute Gasteiger partial charge is 0.274 e. The zero-order chi connectivity index (χ0) is 15.0. The molecule has 4 unspecified atom stereocenters. The third kappa shape index (κ3) is 1.54. The summed E-state index contributed by atoms with van der Waals surface area (Å²) < 4.78 is 1.94. The highest BCUT2D eigenvalue weighted by atomic mass is 79.9. The van der Waals surface area contributed by atoms with Gasteiger partial charge in [0.05, 0.1) is 22.1 Å². The molecule has 22 heavy (non-hydrogen) atoms. The van der Waals surface area contributed by atoms with Gasteiger partial charge in [-0.25, -0.2) is 9.88 Å². The summed E-state index contributed by atoms with van der Waals surface area (Å²) in [4.78, 5) is 31.3. The second kappa shape index (κ2) is 4.26. The smallest absolute Gasteiger partial charge is 0.240 e. The minimum absolute atomic E-state index is 0.0648. The fourth-order valence-corrected chi connectivity index (χ4v) is 5.60. The van der Waals surface area contributed by atoms with Crippen LogP contribution >= 0.6 is 27.3 Å². The third-order valence-electron chi connectivity index (χ3n) is 5.00. The van der Waals surface area contributed by atoms with E-state index >= 15 is 0 Å². The molecule has 1 saturated heterocycles. The molecule has 2 amide bonds. The highest BCUT2D eigenvalue weighted by Crippen LogP contribution is 2.53. The summed E-state index contributed by atoms with van der Waals surface area (Å²) in [6.45, 7) is 0. The number of carbonyl (C=O) groups is 2. The number of aromatic nitrogens is 1. The van der Waals surface area contributed by atoms with Gasteiger partial charge in [0.1, 0.15) is 0 Å². The molecule has 0 radical (unpaired) electrons. The lowest BCUT2D eigenvalue weighted by atomic mass is 9.85. The van der Waals surface area contributed by atoms with Crippen LogP contribution in [0.4, 0.5) is 5.13 Å². The van der Waals surface area contributed by atoms with E-state index in [9.17, 15) is 9.59 Å². The summed E-state index contributed by atoms with van der Waals surface area (Å²) in [6, 6.07) is 5.78. The van der Waals surface area contributed by atoms with Crippen LogP contribution in [0.1, 0.15) is 6.42 Å². The molecule has 1 aromatic heterocycles. The second-order valence-electron chi connectivity index (χ2n) is 6.12. The Morgan fingerprint density at radius 2 is 1.82 bits per heavy atom. The molecule has 1 aliphatic heterocycles. The van der Waals surface area contributed by atoms with Crippen LogP contribution in [-0.2, 0) is 9.59 Å². The third-order valence-corrected chi connectivity index (χ3v) is 6.50. The maximum Gasteiger partial charge on any atom is 0.240 e. The van der Waals surface area contributed by atoms with Crippen LogP contribution < -0.4 is 4.90 Å². The summed E-state index contributed by atoms with van der Waals surface area (Å²) in [5.74, 6) is 0.0115. The summed E-state index contributed by atoms with van der Waals surface area (Å²) in [5, 5.41) is 0.511. The number of carbonyl (C=O) groups excluding carboxylic acids is 2. The van der Waals surface area contributed by atoms with Crippen molar-refractivity contribution in [1.82, 2.24) is 4.98 Å². The van der Waals surface area contributed by atoms with E-state index in [0.29, 0.717) is 5.13 Å². The lowest BCUT2D eigenvalue weighted by molar-refractivity contribution is -0.123. The topological polar surface area (TPSA) is 50.3 Å². The Balaban J connectivity index is 1.60.